The number of hydrogen-bond donors (Lipinski definition) is 3. The number of nitrogens with one attached hydrogen (secondary N) is 2. The van der Waals surface area contributed by atoms with Crippen molar-refractivity contribution in [1.82, 2.24) is 15.3 Å². The minimum Gasteiger partial charge on any atom is -0.392 e. The highest BCUT2D eigenvalue weighted by Crippen LogP contribution is 2.10. The molecule has 1 unspecified atom stereocenters. The Morgan fingerprint density at radius 3 is 2.63 bits per heavy atom. The number of aryl methyl sites for hydroxylation is 1. The average molecular weight is 259 g/mol. The van der Waals surface area contributed by atoms with Gasteiger partial charge in [0.05, 0.1) is 12.6 Å². The number of aliphatic hydroxyl groups excluding tert-OH is 1. The maximum atomic E-state index is 12.0. The van der Waals surface area contributed by atoms with Gasteiger partial charge in [-0.25, -0.2) is 4.98 Å². The van der Waals surface area contributed by atoms with E-state index in [1.807, 2.05) is 13.8 Å². The van der Waals surface area contributed by atoms with E-state index in [1.165, 1.54) is 0 Å². The topological polar surface area (TPSA) is 78.0 Å². The molecule has 1 atom stereocenters. The van der Waals surface area contributed by atoms with E-state index < -0.39 is 0 Å². The molecule has 100 valence electrons. The van der Waals surface area contributed by atoms with Crippen molar-refractivity contribution in [1.29, 1.82) is 0 Å². The Morgan fingerprint density at radius 2 is 2.11 bits per heavy atom. The molecule has 0 saturated carbocycles. The second-order valence-electron chi connectivity index (χ2n) is 4.50. The minimum atomic E-state index is -0.182. The van der Waals surface area contributed by atoms with Crippen molar-refractivity contribution in [2.45, 2.75) is 26.5 Å². The Bertz CT molecular complexity index is 560. The summed E-state index contributed by atoms with van der Waals surface area (Å²) in [5.74, 6) is 0.573. The monoisotopic (exact) mass is 259 g/mol. The summed E-state index contributed by atoms with van der Waals surface area (Å²) in [7, 11) is 0. The number of aromatic nitrogens is 2. The highest BCUT2D eigenvalue weighted by Gasteiger charge is 2.13. The van der Waals surface area contributed by atoms with E-state index in [0.29, 0.717) is 5.56 Å². The number of imidazole rings is 1. The van der Waals surface area contributed by atoms with Gasteiger partial charge >= 0.3 is 0 Å². The number of carbonyl (C=O) groups is 1. The highest BCUT2D eigenvalue weighted by molar-refractivity contribution is 5.94. The van der Waals surface area contributed by atoms with Gasteiger partial charge in [0.15, 0.2) is 0 Å². The fourth-order valence-electron chi connectivity index (χ4n) is 1.76. The summed E-state index contributed by atoms with van der Waals surface area (Å²) >= 11 is 0. The van der Waals surface area contributed by atoms with Crippen molar-refractivity contribution in [2.75, 3.05) is 0 Å². The van der Waals surface area contributed by atoms with Gasteiger partial charge in [0.2, 0.25) is 0 Å². The van der Waals surface area contributed by atoms with Crippen molar-refractivity contribution in [2.24, 2.45) is 0 Å². The first-order valence-electron chi connectivity index (χ1n) is 6.12. The van der Waals surface area contributed by atoms with Gasteiger partial charge in [0.1, 0.15) is 5.82 Å². The second kappa shape index (κ2) is 5.67. The van der Waals surface area contributed by atoms with Crippen LogP contribution in [0, 0.1) is 6.92 Å². The molecule has 0 spiro atoms. The van der Waals surface area contributed by atoms with Gasteiger partial charge in [-0.15, -0.1) is 0 Å². The van der Waals surface area contributed by atoms with Crippen LogP contribution in [0.4, 0.5) is 0 Å². The van der Waals surface area contributed by atoms with Gasteiger partial charge in [0, 0.05) is 17.5 Å². The third-order valence-corrected chi connectivity index (χ3v) is 2.88. The number of amides is 1. The summed E-state index contributed by atoms with van der Waals surface area (Å²) in [6.07, 6.45) is 1.73. The SMILES string of the molecule is Cc1cnc(C(C)NC(=O)c2ccc(CO)cc2)[nH]1. The second-order valence-corrected chi connectivity index (χ2v) is 4.50. The summed E-state index contributed by atoms with van der Waals surface area (Å²) in [5.41, 5.74) is 2.31. The number of hydrogen-bond acceptors (Lipinski definition) is 3. The predicted molar refractivity (Wildman–Crippen MR) is 71.6 cm³/mol. The number of aromatic amines is 1. The lowest BCUT2D eigenvalue weighted by molar-refractivity contribution is 0.0938. The predicted octanol–water partition coefficient (Wildman–Crippen LogP) is 1.70. The number of aliphatic hydroxyl groups is 1. The van der Waals surface area contributed by atoms with Crippen molar-refractivity contribution in [3.8, 4) is 0 Å². The van der Waals surface area contributed by atoms with Gasteiger partial charge in [-0.2, -0.15) is 0 Å². The fourth-order valence-corrected chi connectivity index (χ4v) is 1.76. The molecule has 1 aromatic carbocycles. The minimum absolute atomic E-state index is 0.0238. The number of H-pyrrole nitrogens is 1. The van der Waals surface area contributed by atoms with Crippen molar-refractivity contribution in [3.63, 3.8) is 0 Å². The zero-order valence-corrected chi connectivity index (χ0v) is 11.0. The molecule has 19 heavy (non-hydrogen) atoms. The van der Waals surface area contributed by atoms with E-state index in [-0.39, 0.29) is 18.6 Å². The highest BCUT2D eigenvalue weighted by atomic mass is 16.3. The summed E-state index contributed by atoms with van der Waals surface area (Å²) in [6.45, 7) is 3.76. The Morgan fingerprint density at radius 1 is 1.42 bits per heavy atom. The molecular weight excluding hydrogens is 242 g/mol. The summed E-state index contributed by atoms with van der Waals surface area (Å²) in [4.78, 5) is 19.3. The quantitative estimate of drug-likeness (QED) is 0.782. The first-order chi connectivity index (χ1) is 9.10. The lowest BCUT2D eigenvalue weighted by Crippen LogP contribution is -2.27. The lowest BCUT2D eigenvalue weighted by Gasteiger charge is -2.11. The van der Waals surface area contributed by atoms with E-state index in [4.69, 9.17) is 5.11 Å². The molecule has 1 heterocycles. The van der Waals surface area contributed by atoms with E-state index >= 15 is 0 Å². The Labute approximate surface area is 111 Å². The summed E-state index contributed by atoms with van der Waals surface area (Å²) < 4.78 is 0. The van der Waals surface area contributed by atoms with Gasteiger partial charge in [-0.1, -0.05) is 12.1 Å². The standard InChI is InChI=1S/C14H17N3O2/c1-9-7-15-13(16-9)10(2)17-14(19)12-5-3-11(8-18)4-6-12/h3-7,10,18H,8H2,1-2H3,(H,15,16)(H,17,19). The molecule has 3 N–H and O–H groups in total. The molecule has 0 aliphatic heterocycles. The summed E-state index contributed by atoms with van der Waals surface area (Å²) in [5, 5.41) is 11.8. The molecular formula is C14H17N3O2. The van der Waals surface area contributed by atoms with E-state index in [2.05, 4.69) is 15.3 Å². The third-order valence-electron chi connectivity index (χ3n) is 2.88. The van der Waals surface area contributed by atoms with Crippen LogP contribution < -0.4 is 5.32 Å². The smallest absolute Gasteiger partial charge is 0.251 e. The van der Waals surface area contributed by atoms with Gasteiger partial charge in [-0.05, 0) is 31.5 Å². The maximum Gasteiger partial charge on any atom is 0.251 e. The largest absolute Gasteiger partial charge is 0.392 e. The molecule has 5 nitrogen and oxygen atoms in total. The Balaban J connectivity index is 2.03. The van der Waals surface area contributed by atoms with Crippen LogP contribution in [-0.2, 0) is 6.61 Å². The number of rotatable bonds is 4. The van der Waals surface area contributed by atoms with E-state index in [0.717, 1.165) is 17.1 Å². The van der Waals surface area contributed by atoms with Crippen LogP contribution in [0.5, 0.6) is 0 Å². The Kier molecular flexibility index (Phi) is 3.97. The van der Waals surface area contributed by atoms with Crippen LogP contribution in [0.1, 0.15) is 40.4 Å². The van der Waals surface area contributed by atoms with E-state index in [9.17, 15) is 4.79 Å². The lowest BCUT2D eigenvalue weighted by atomic mass is 10.1. The van der Waals surface area contributed by atoms with Crippen LogP contribution in [0.15, 0.2) is 30.5 Å². The molecule has 0 saturated heterocycles. The van der Waals surface area contributed by atoms with Crippen LogP contribution in [0.25, 0.3) is 0 Å². The first kappa shape index (κ1) is 13.3. The molecule has 0 radical (unpaired) electrons. The zero-order chi connectivity index (χ0) is 13.8. The van der Waals surface area contributed by atoms with Crippen molar-refractivity contribution < 1.29 is 9.90 Å². The molecule has 1 aromatic heterocycles. The molecule has 2 aromatic rings. The molecule has 1 amide bonds. The maximum absolute atomic E-state index is 12.0. The number of carbonyl (C=O) groups excluding carboxylic acids is 1. The van der Waals surface area contributed by atoms with Gasteiger partial charge < -0.3 is 15.4 Å². The normalized spacial score (nSPS) is 12.2. The van der Waals surface area contributed by atoms with Crippen LogP contribution in [0.2, 0.25) is 0 Å². The zero-order valence-electron chi connectivity index (χ0n) is 11.0. The fraction of sp³-hybridized carbons (Fsp3) is 0.286. The van der Waals surface area contributed by atoms with E-state index in [1.54, 1.807) is 30.5 Å². The number of benzene rings is 1. The van der Waals surface area contributed by atoms with Crippen molar-refractivity contribution >= 4 is 5.91 Å². The van der Waals surface area contributed by atoms with Crippen LogP contribution >= 0.6 is 0 Å². The molecule has 0 fully saturated rings. The molecule has 0 bridgehead atoms. The Hall–Kier alpha value is -2.14. The van der Waals surface area contributed by atoms with Crippen LogP contribution in [0.3, 0.4) is 0 Å². The number of nitrogens with zero attached hydrogens (tertiary/aromatic N) is 1. The molecule has 2 rings (SSSR count). The molecule has 0 aliphatic rings. The summed E-state index contributed by atoms with van der Waals surface area (Å²) in [6, 6.07) is 6.67. The molecule has 5 heteroatoms. The van der Waals surface area contributed by atoms with Crippen LogP contribution in [-0.4, -0.2) is 21.0 Å². The first-order valence-corrected chi connectivity index (χ1v) is 6.12. The average Bonchev–Trinajstić information content (AvgIpc) is 2.85. The van der Waals surface area contributed by atoms with Crippen molar-refractivity contribution in [3.05, 3.63) is 53.1 Å². The van der Waals surface area contributed by atoms with Gasteiger partial charge in [-0.3, -0.25) is 4.79 Å². The van der Waals surface area contributed by atoms with Gasteiger partial charge in [0.25, 0.3) is 5.91 Å². The molecule has 0 aliphatic carbocycles. The third kappa shape index (κ3) is 3.20.